The van der Waals surface area contributed by atoms with Crippen molar-refractivity contribution >= 4 is 16.7 Å². The molecule has 2 aromatic heterocycles. The number of hydrogen-bond donors (Lipinski definition) is 0. The molecule has 25 heavy (non-hydrogen) atoms. The van der Waals surface area contributed by atoms with E-state index in [9.17, 15) is 0 Å². The topological polar surface area (TPSA) is 46.4 Å². The first kappa shape index (κ1) is 15.9. The van der Waals surface area contributed by atoms with Gasteiger partial charge in [-0.1, -0.05) is 12.1 Å². The van der Waals surface area contributed by atoms with Gasteiger partial charge in [-0.3, -0.25) is 4.90 Å². The average Bonchev–Trinajstić information content (AvgIpc) is 3.10. The lowest BCUT2D eigenvalue weighted by Crippen LogP contribution is -2.47. The van der Waals surface area contributed by atoms with Crippen molar-refractivity contribution in [2.24, 2.45) is 0 Å². The third-order valence-corrected chi connectivity index (χ3v) is 4.85. The van der Waals surface area contributed by atoms with Crippen LogP contribution < -0.4 is 9.64 Å². The molecular weight excluding hydrogens is 314 g/mol. The van der Waals surface area contributed by atoms with Gasteiger partial charge >= 0.3 is 0 Å². The van der Waals surface area contributed by atoms with E-state index >= 15 is 0 Å². The third-order valence-electron chi connectivity index (χ3n) is 4.85. The number of imidazole rings is 1. The number of anilines is 1. The fraction of sp³-hybridized carbons (Fsp3) is 0.368. The van der Waals surface area contributed by atoms with Crippen molar-refractivity contribution in [3.8, 4) is 5.88 Å². The van der Waals surface area contributed by atoms with E-state index in [0.717, 1.165) is 44.8 Å². The number of methoxy groups -OCH3 is 1. The van der Waals surface area contributed by atoms with Crippen LogP contribution in [0.5, 0.6) is 5.88 Å². The van der Waals surface area contributed by atoms with Gasteiger partial charge in [0.05, 0.1) is 36.4 Å². The number of hydrogen-bond acceptors (Lipinski definition) is 5. The molecule has 0 radical (unpaired) electrons. The second-order valence-electron chi connectivity index (χ2n) is 6.31. The fourth-order valence-corrected chi connectivity index (χ4v) is 3.35. The van der Waals surface area contributed by atoms with E-state index in [2.05, 4.69) is 48.6 Å². The molecule has 0 bridgehead atoms. The van der Waals surface area contributed by atoms with Crippen molar-refractivity contribution in [3.63, 3.8) is 0 Å². The van der Waals surface area contributed by atoms with E-state index in [1.807, 2.05) is 24.7 Å². The molecule has 0 amide bonds. The van der Waals surface area contributed by atoms with Gasteiger partial charge in [-0.2, -0.15) is 0 Å². The molecule has 0 saturated carbocycles. The zero-order valence-electron chi connectivity index (χ0n) is 14.5. The fourth-order valence-electron chi connectivity index (χ4n) is 3.35. The van der Waals surface area contributed by atoms with E-state index in [1.54, 1.807) is 7.11 Å². The number of aromatic nitrogens is 3. The Kier molecular flexibility index (Phi) is 4.52. The maximum Gasteiger partial charge on any atom is 0.213 e. The van der Waals surface area contributed by atoms with Crippen LogP contribution in [0.25, 0.3) is 11.0 Å². The summed E-state index contributed by atoms with van der Waals surface area (Å²) in [6.07, 6.45) is 3.84. The maximum absolute atomic E-state index is 5.13. The smallest absolute Gasteiger partial charge is 0.213 e. The summed E-state index contributed by atoms with van der Waals surface area (Å²) in [7, 11) is 1.64. The summed E-state index contributed by atoms with van der Waals surface area (Å²) in [4.78, 5) is 13.7. The van der Waals surface area contributed by atoms with E-state index in [4.69, 9.17) is 4.74 Å². The molecule has 0 atom stereocenters. The van der Waals surface area contributed by atoms with E-state index in [1.165, 1.54) is 11.2 Å². The Hall–Kier alpha value is -2.60. The average molecular weight is 337 g/mol. The minimum Gasteiger partial charge on any atom is -0.481 e. The second-order valence-corrected chi connectivity index (χ2v) is 6.31. The van der Waals surface area contributed by atoms with Crippen molar-refractivity contribution in [1.29, 1.82) is 0 Å². The molecule has 3 aromatic rings. The van der Waals surface area contributed by atoms with Gasteiger partial charge in [0.1, 0.15) is 0 Å². The summed E-state index contributed by atoms with van der Waals surface area (Å²) in [6.45, 7) is 6.22. The molecule has 130 valence electrons. The summed E-state index contributed by atoms with van der Waals surface area (Å²) in [5, 5.41) is 0. The molecule has 0 aliphatic carbocycles. The molecule has 1 aromatic carbocycles. The quantitative estimate of drug-likeness (QED) is 0.715. The van der Waals surface area contributed by atoms with Gasteiger partial charge < -0.3 is 14.2 Å². The lowest BCUT2D eigenvalue weighted by atomic mass is 10.2. The van der Waals surface area contributed by atoms with E-state index in [-0.39, 0.29) is 0 Å². The minimum absolute atomic E-state index is 0.662. The van der Waals surface area contributed by atoms with Crippen LogP contribution in [0.2, 0.25) is 0 Å². The summed E-state index contributed by atoms with van der Waals surface area (Å²) in [6, 6.07) is 12.3. The molecule has 4 rings (SSSR count). The molecular formula is C19H23N5O. The lowest BCUT2D eigenvalue weighted by Gasteiger charge is -2.36. The Morgan fingerprint density at radius 3 is 2.56 bits per heavy atom. The zero-order chi connectivity index (χ0) is 17.1. The predicted molar refractivity (Wildman–Crippen MR) is 99.2 cm³/mol. The Labute approximate surface area is 147 Å². The predicted octanol–water partition coefficient (Wildman–Crippen LogP) is 2.26. The molecule has 6 heteroatoms. The maximum atomic E-state index is 5.13. The first-order valence-electron chi connectivity index (χ1n) is 8.71. The molecule has 1 saturated heterocycles. The number of benzene rings is 1. The third kappa shape index (κ3) is 3.44. The summed E-state index contributed by atoms with van der Waals surface area (Å²) in [5.74, 6) is 0.662. The highest BCUT2D eigenvalue weighted by Gasteiger charge is 2.17. The Morgan fingerprint density at radius 1 is 0.960 bits per heavy atom. The SMILES string of the molecule is COc1ccc(N2CCN(CCn3cnc4ccccc43)CC2)cn1. The lowest BCUT2D eigenvalue weighted by molar-refractivity contribution is 0.249. The number of nitrogens with zero attached hydrogens (tertiary/aromatic N) is 5. The highest BCUT2D eigenvalue weighted by molar-refractivity contribution is 5.74. The highest BCUT2D eigenvalue weighted by atomic mass is 16.5. The number of ether oxygens (including phenoxy) is 1. The standard InChI is InChI=1S/C19H23N5O/c1-25-19-7-6-16(14-20-19)23-11-8-22(9-12-23)10-13-24-15-21-17-4-2-3-5-18(17)24/h2-7,14-15H,8-13H2,1H3. The van der Waals surface area contributed by atoms with Gasteiger partial charge in [0.25, 0.3) is 0 Å². The van der Waals surface area contributed by atoms with Crippen LogP contribution >= 0.6 is 0 Å². The van der Waals surface area contributed by atoms with Gasteiger partial charge in [0.2, 0.25) is 5.88 Å². The first-order valence-corrected chi connectivity index (χ1v) is 8.71. The van der Waals surface area contributed by atoms with Crippen LogP contribution in [-0.4, -0.2) is 59.3 Å². The molecule has 6 nitrogen and oxygen atoms in total. The molecule has 0 N–H and O–H groups in total. The van der Waals surface area contributed by atoms with Gasteiger partial charge in [0, 0.05) is 45.3 Å². The van der Waals surface area contributed by atoms with Crippen LogP contribution in [0.4, 0.5) is 5.69 Å². The number of pyridine rings is 1. The van der Waals surface area contributed by atoms with Crippen molar-refractivity contribution in [3.05, 3.63) is 48.9 Å². The summed E-state index contributed by atoms with van der Waals surface area (Å²) >= 11 is 0. The van der Waals surface area contributed by atoms with Crippen molar-refractivity contribution in [2.75, 3.05) is 44.7 Å². The Bertz CT molecular complexity index is 821. The van der Waals surface area contributed by atoms with Crippen LogP contribution in [0.15, 0.2) is 48.9 Å². The monoisotopic (exact) mass is 337 g/mol. The molecule has 1 aliphatic heterocycles. The Morgan fingerprint density at radius 2 is 1.80 bits per heavy atom. The van der Waals surface area contributed by atoms with E-state index < -0.39 is 0 Å². The molecule has 3 heterocycles. The zero-order valence-corrected chi connectivity index (χ0v) is 14.5. The normalized spacial score (nSPS) is 15.6. The van der Waals surface area contributed by atoms with Crippen molar-refractivity contribution in [1.82, 2.24) is 19.4 Å². The molecule has 0 unspecified atom stereocenters. The first-order chi connectivity index (χ1) is 12.3. The molecule has 1 aliphatic rings. The van der Waals surface area contributed by atoms with Crippen molar-refractivity contribution < 1.29 is 4.74 Å². The molecule has 0 spiro atoms. The van der Waals surface area contributed by atoms with Crippen LogP contribution in [0.3, 0.4) is 0 Å². The van der Waals surface area contributed by atoms with Crippen LogP contribution in [0, 0.1) is 0 Å². The largest absolute Gasteiger partial charge is 0.481 e. The number of rotatable bonds is 5. The van der Waals surface area contributed by atoms with Crippen molar-refractivity contribution in [2.45, 2.75) is 6.54 Å². The number of piperazine rings is 1. The van der Waals surface area contributed by atoms with Gasteiger partial charge in [-0.25, -0.2) is 9.97 Å². The van der Waals surface area contributed by atoms with Gasteiger partial charge in [-0.15, -0.1) is 0 Å². The summed E-state index contributed by atoms with van der Waals surface area (Å²) in [5.41, 5.74) is 3.45. The van der Waals surface area contributed by atoms with Crippen LogP contribution in [0.1, 0.15) is 0 Å². The van der Waals surface area contributed by atoms with E-state index in [0.29, 0.717) is 5.88 Å². The number of para-hydroxylation sites is 2. The highest BCUT2D eigenvalue weighted by Crippen LogP contribution is 2.18. The second kappa shape index (κ2) is 7.11. The number of fused-ring (bicyclic) bond motifs is 1. The molecule has 1 fully saturated rings. The van der Waals surface area contributed by atoms with Gasteiger partial charge in [-0.05, 0) is 18.2 Å². The van der Waals surface area contributed by atoms with Crippen LogP contribution in [-0.2, 0) is 6.54 Å². The van der Waals surface area contributed by atoms with Gasteiger partial charge in [0.15, 0.2) is 0 Å². The summed E-state index contributed by atoms with van der Waals surface area (Å²) < 4.78 is 7.37. The minimum atomic E-state index is 0.662. The Balaban J connectivity index is 1.31.